The van der Waals surface area contributed by atoms with Crippen molar-refractivity contribution in [1.82, 2.24) is 0 Å². The predicted molar refractivity (Wildman–Crippen MR) is 69.3 cm³/mol. The van der Waals surface area contributed by atoms with Crippen molar-refractivity contribution in [1.29, 1.82) is 0 Å². The van der Waals surface area contributed by atoms with E-state index >= 15 is 0 Å². The third-order valence-electron chi connectivity index (χ3n) is 3.07. The first-order chi connectivity index (χ1) is 7.77. The maximum absolute atomic E-state index is 8.65. The first-order valence-corrected chi connectivity index (χ1v) is 7.13. The van der Waals surface area contributed by atoms with E-state index in [1.807, 2.05) is 0 Å². The second-order valence-corrected chi connectivity index (χ2v) is 4.80. The van der Waals surface area contributed by atoms with Crippen LogP contribution in [-0.2, 0) is 0 Å². The highest BCUT2D eigenvalue weighted by molar-refractivity contribution is 4.48. The lowest BCUT2D eigenvalue weighted by molar-refractivity contribution is -0.0466. The molecule has 0 amide bonds. The van der Waals surface area contributed by atoms with Gasteiger partial charge in [0.2, 0.25) is 0 Å². The summed E-state index contributed by atoms with van der Waals surface area (Å²) in [5.41, 5.74) is 0. The lowest BCUT2D eigenvalue weighted by Gasteiger charge is -2.03. The fourth-order valence-electron chi connectivity index (χ4n) is 1.99. The summed E-state index contributed by atoms with van der Waals surface area (Å²) < 4.78 is 0. The maximum Gasteiger partial charge on any atom is 0.151 e. The highest BCUT2D eigenvalue weighted by atomic mass is 16.5. The molecule has 0 aromatic rings. The molecule has 16 heavy (non-hydrogen) atoms. The molecule has 0 aromatic carbocycles. The lowest BCUT2D eigenvalue weighted by Crippen LogP contribution is -2.02. The molecule has 0 aliphatic carbocycles. The van der Waals surface area contributed by atoms with E-state index in [0.717, 1.165) is 12.8 Å². The molecule has 0 atom stereocenters. The van der Waals surface area contributed by atoms with Crippen molar-refractivity contribution in [2.75, 3.05) is 0 Å². The molecule has 2 heteroatoms. The highest BCUT2D eigenvalue weighted by Crippen LogP contribution is 2.12. The Labute approximate surface area is 101 Å². The van der Waals surface area contributed by atoms with Gasteiger partial charge in [0.15, 0.2) is 6.29 Å². The number of aliphatic hydroxyl groups excluding tert-OH is 1. The first-order valence-electron chi connectivity index (χ1n) is 7.13. The van der Waals surface area contributed by atoms with Crippen LogP contribution in [0, 0.1) is 0 Å². The van der Waals surface area contributed by atoms with Gasteiger partial charge in [-0.15, -0.1) is 0 Å². The molecule has 0 heterocycles. The summed E-state index contributed by atoms with van der Waals surface area (Å²) in [6.45, 7) is 2.25. The van der Waals surface area contributed by atoms with Crippen molar-refractivity contribution in [3.63, 3.8) is 0 Å². The topological polar surface area (TPSA) is 40.5 Å². The highest BCUT2D eigenvalue weighted by Gasteiger charge is 1.96. The van der Waals surface area contributed by atoms with Crippen LogP contribution >= 0.6 is 0 Å². The van der Waals surface area contributed by atoms with E-state index in [1.54, 1.807) is 0 Å². The number of aliphatic hydroxyl groups is 2. The number of hydrogen-bond donors (Lipinski definition) is 2. The summed E-state index contributed by atoms with van der Waals surface area (Å²) in [6.07, 6.45) is 13.8. The van der Waals surface area contributed by atoms with E-state index in [2.05, 4.69) is 6.92 Å². The maximum atomic E-state index is 8.65. The van der Waals surface area contributed by atoms with Crippen LogP contribution in [0.3, 0.4) is 0 Å². The van der Waals surface area contributed by atoms with Crippen LogP contribution in [-0.4, -0.2) is 16.5 Å². The second kappa shape index (κ2) is 13.0. The average Bonchev–Trinajstić information content (AvgIpc) is 2.25. The molecule has 0 saturated carbocycles. The Kier molecular flexibility index (Phi) is 12.9. The van der Waals surface area contributed by atoms with Gasteiger partial charge >= 0.3 is 0 Å². The van der Waals surface area contributed by atoms with E-state index in [4.69, 9.17) is 10.2 Å². The van der Waals surface area contributed by atoms with Gasteiger partial charge in [-0.3, -0.25) is 0 Å². The van der Waals surface area contributed by atoms with Gasteiger partial charge in [-0.1, -0.05) is 71.1 Å². The molecule has 2 N–H and O–H groups in total. The smallest absolute Gasteiger partial charge is 0.151 e. The fourth-order valence-corrected chi connectivity index (χ4v) is 1.99. The summed E-state index contributed by atoms with van der Waals surface area (Å²) in [4.78, 5) is 0. The van der Waals surface area contributed by atoms with Crippen molar-refractivity contribution < 1.29 is 10.2 Å². The van der Waals surface area contributed by atoms with Crippen LogP contribution in [0.15, 0.2) is 0 Å². The Morgan fingerprint density at radius 1 is 0.625 bits per heavy atom. The van der Waals surface area contributed by atoms with Crippen molar-refractivity contribution in [3.8, 4) is 0 Å². The average molecular weight is 230 g/mol. The summed E-state index contributed by atoms with van der Waals surface area (Å²) in [7, 11) is 0. The predicted octanol–water partition coefficient (Wildman–Crippen LogP) is 4.00. The van der Waals surface area contributed by atoms with Gasteiger partial charge in [0.1, 0.15) is 0 Å². The van der Waals surface area contributed by atoms with Crippen LogP contribution < -0.4 is 0 Å². The molecule has 0 spiro atoms. The Morgan fingerprint density at radius 2 is 1.00 bits per heavy atom. The number of unbranched alkanes of at least 4 members (excludes halogenated alkanes) is 10. The Hall–Kier alpha value is -0.0800. The molecule has 0 bridgehead atoms. The van der Waals surface area contributed by atoms with Gasteiger partial charge in [0.25, 0.3) is 0 Å². The SMILES string of the molecule is CCCCCCCCCCCCCC(O)O. The van der Waals surface area contributed by atoms with E-state index in [-0.39, 0.29) is 0 Å². The molecule has 98 valence electrons. The molecule has 0 fully saturated rings. The number of hydrogen-bond acceptors (Lipinski definition) is 2. The second-order valence-electron chi connectivity index (χ2n) is 4.80. The largest absolute Gasteiger partial charge is 0.368 e. The standard InChI is InChI=1S/C14H30O2/c1-2-3-4-5-6-7-8-9-10-11-12-13-14(15)16/h14-16H,2-13H2,1H3. The van der Waals surface area contributed by atoms with E-state index < -0.39 is 6.29 Å². The third-order valence-corrected chi connectivity index (χ3v) is 3.07. The Morgan fingerprint density at radius 3 is 1.38 bits per heavy atom. The zero-order valence-electron chi connectivity index (χ0n) is 11.0. The molecule has 0 aromatic heterocycles. The van der Waals surface area contributed by atoms with Crippen LogP contribution in [0.1, 0.15) is 84.0 Å². The lowest BCUT2D eigenvalue weighted by atomic mass is 10.1. The van der Waals surface area contributed by atoms with E-state index in [0.29, 0.717) is 6.42 Å². The van der Waals surface area contributed by atoms with Crippen LogP contribution in [0.2, 0.25) is 0 Å². The molecule has 0 aliphatic heterocycles. The van der Waals surface area contributed by atoms with E-state index in [1.165, 1.54) is 57.8 Å². The molecule has 0 saturated heterocycles. The quantitative estimate of drug-likeness (QED) is 0.393. The molecule has 0 rings (SSSR count). The summed E-state index contributed by atoms with van der Waals surface area (Å²) in [5, 5.41) is 17.3. The minimum absolute atomic E-state index is 0.539. The van der Waals surface area contributed by atoms with E-state index in [9.17, 15) is 0 Å². The molecule has 0 radical (unpaired) electrons. The zero-order chi connectivity index (χ0) is 12.1. The molecular formula is C14H30O2. The Balaban J connectivity index is 2.88. The van der Waals surface area contributed by atoms with Gasteiger partial charge in [0.05, 0.1) is 0 Å². The van der Waals surface area contributed by atoms with Crippen LogP contribution in [0.4, 0.5) is 0 Å². The summed E-state index contributed by atoms with van der Waals surface area (Å²) in [5.74, 6) is 0. The molecular weight excluding hydrogens is 200 g/mol. The molecule has 2 nitrogen and oxygen atoms in total. The van der Waals surface area contributed by atoms with Gasteiger partial charge in [0, 0.05) is 0 Å². The van der Waals surface area contributed by atoms with Crippen molar-refractivity contribution in [2.24, 2.45) is 0 Å². The van der Waals surface area contributed by atoms with Crippen LogP contribution in [0.25, 0.3) is 0 Å². The summed E-state index contributed by atoms with van der Waals surface area (Å²) >= 11 is 0. The van der Waals surface area contributed by atoms with Crippen molar-refractivity contribution in [3.05, 3.63) is 0 Å². The monoisotopic (exact) mass is 230 g/mol. The van der Waals surface area contributed by atoms with Gasteiger partial charge in [-0.05, 0) is 12.8 Å². The first kappa shape index (κ1) is 15.9. The van der Waals surface area contributed by atoms with Crippen LogP contribution in [0.5, 0.6) is 0 Å². The normalized spacial score (nSPS) is 11.2. The molecule has 0 unspecified atom stereocenters. The van der Waals surface area contributed by atoms with Gasteiger partial charge < -0.3 is 10.2 Å². The number of rotatable bonds is 12. The van der Waals surface area contributed by atoms with Gasteiger partial charge in [-0.2, -0.15) is 0 Å². The summed E-state index contributed by atoms with van der Waals surface area (Å²) in [6, 6.07) is 0. The molecule has 0 aliphatic rings. The fraction of sp³-hybridized carbons (Fsp3) is 1.00. The minimum atomic E-state index is -1.10. The van der Waals surface area contributed by atoms with Gasteiger partial charge in [-0.25, -0.2) is 0 Å². The Bertz CT molecular complexity index is 124. The van der Waals surface area contributed by atoms with Crippen molar-refractivity contribution >= 4 is 0 Å². The third kappa shape index (κ3) is 13.9. The zero-order valence-corrected chi connectivity index (χ0v) is 11.0. The van der Waals surface area contributed by atoms with Crippen molar-refractivity contribution in [2.45, 2.75) is 90.3 Å². The minimum Gasteiger partial charge on any atom is -0.368 e.